The predicted octanol–water partition coefficient (Wildman–Crippen LogP) is 2.78. The van der Waals surface area contributed by atoms with Crippen molar-refractivity contribution in [1.82, 2.24) is 5.32 Å². The van der Waals surface area contributed by atoms with Gasteiger partial charge in [-0.2, -0.15) is 13.2 Å². The average molecular weight is 374 g/mol. The van der Waals surface area contributed by atoms with Crippen molar-refractivity contribution in [2.24, 2.45) is 0 Å². The fourth-order valence-electron chi connectivity index (χ4n) is 2.30. The van der Waals surface area contributed by atoms with E-state index in [9.17, 15) is 13.2 Å². The second kappa shape index (κ2) is 8.29. The number of aryl methyl sites for hydroxylation is 1. The Kier molecular flexibility index (Phi) is 6.87. The first-order valence-electron chi connectivity index (χ1n) is 6.99. The van der Waals surface area contributed by atoms with Crippen LogP contribution in [-0.4, -0.2) is 5.50 Å². The molecule has 0 saturated heterocycles. The molecule has 1 aliphatic heterocycles. The molecule has 0 fully saturated rings. The summed E-state index contributed by atoms with van der Waals surface area (Å²) < 4.78 is 38.1. The normalized spacial score (nSPS) is 16.4. The molecule has 1 N–H and O–H groups in total. The quantitative estimate of drug-likeness (QED) is 0.837. The zero-order chi connectivity index (χ0) is 16.4. The van der Waals surface area contributed by atoms with Crippen LogP contribution < -0.4 is 56.7 Å². The first-order valence-corrected chi connectivity index (χ1v) is 7.93. The Balaban J connectivity index is 0.00000208. The molecule has 0 aromatic heterocycles. The van der Waals surface area contributed by atoms with Crippen molar-refractivity contribution in [3.05, 3.63) is 70.5 Å². The maximum absolute atomic E-state index is 12.7. The molecule has 2 nitrogen and oxygen atoms in total. The molecular formula is C17H14F3KN2S. The molecule has 0 spiro atoms. The monoisotopic (exact) mass is 374 g/mol. The number of thioether (sulfide) groups is 1. The molecule has 1 unspecified atom stereocenters. The third kappa shape index (κ3) is 4.80. The summed E-state index contributed by atoms with van der Waals surface area (Å²) in [4.78, 5) is 0. The Morgan fingerprint density at radius 2 is 1.79 bits per heavy atom. The van der Waals surface area contributed by atoms with Gasteiger partial charge < -0.3 is 10.6 Å². The molecule has 0 amide bonds. The summed E-state index contributed by atoms with van der Waals surface area (Å²) >= 11 is 1.54. The van der Waals surface area contributed by atoms with Crippen LogP contribution >= 0.6 is 11.8 Å². The molecule has 1 aliphatic rings. The molecule has 0 bridgehead atoms. The van der Waals surface area contributed by atoms with Crippen molar-refractivity contribution in [2.75, 3.05) is 0 Å². The first kappa shape index (κ1) is 19.9. The zero-order valence-corrected chi connectivity index (χ0v) is 17.2. The number of nitrogens with one attached hydrogen (secondary N) is 1. The van der Waals surface area contributed by atoms with E-state index < -0.39 is 11.7 Å². The number of rotatable bonds is 3. The van der Waals surface area contributed by atoms with Gasteiger partial charge in [0, 0.05) is 11.7 Å². The molecular weight excluding hydrogens is 360 g/mol. The molecule has 1 heterocycles. The smallest absolute Gasteiger partial charge is 0.656 e. The van der Waals surface area contributed by atoms with Crippen LogP contribution in [0.25, 0.3) is 16.4 Å². The fraction of sp³-hybridized carbons (Fsp3) is 0.176. The Hall–Kier alpha value is -0.444. The second-order valence-corrected chi connectivity index (χ2v) is 6.17. The molecule has 2 aromatic carbocycles. The van der Waals surface area contributed by atoms with E-state index in [1.54, 1.807) is 11.8 Å². The molecule has 2 aromatic rings. The summed E-state index contributed by atoms with van der Waals surface area (Å²) in [6.45, 7) is 1.95. The molecule has 24 heavy (non-hydrogen) atoms. The van der Waals surface area contributed by atoms with Gasteiger partial charge in [-0.3, -0.25) is 0 Å². The van der Waals surface area contributed by atoms with Gasteiger partial charge in [-0.15, -0.1) is 17.4 Å². The van der Waals surface area contributed by atoms with Gasteiger partial charge >= 0.3 is 57.6 Å². The average Bonchev–Trinajstić information content (AvgIpc) is 3.01. The minimum Gasteiger partial charge on any atom is -0.656 e. The Morgan fingerprint density at radius 1 is 1.08 bits per heavy atom. The summed E-state index contributed by atoms with van der Waals surface area (Å²) in [6.07, 6.45) is -2.50. The van der Waals surface area contributed by atoms with E-state index in [1.807, 2.05) is 36.7 Å². The van der Waals surface area contributed by atoms with Crippen molar-refractivity contribution >= 4 is 17.4 Å². The van der Waals surface area contributed by atoms with E-state index in [4.69, 9.17) is 0 Å². The predicted molar refractivity (Wildman–Crippen MR) is 88.3 cm³/mol. The van der Waals surface area contributed by atoms with Crippen LogP contribution in [-0.2, 0) is 6.18 Å². The Labute approximate surface area is 185 Å². The molecule has 120 valence electrons. The van der Waals surface area contributed by atoms with Crippen LogP contribution in [0.3, 0.4) is 0 Å². The third-order valence-electron chi connectivity index (χ3n) is 3.45. The van der Waals surface area contributed by atoms with Crippen molar-refractivity contribution in [3.63, 3.8) is 0 Å². The van der Waals surface area contributed by atoms with Gasteiger partial charge in [0.1, 0.15) is 0 Å². The minimum atomic E-state index is -4.32. The topological polar surface area (TPSA) is 26.1 Å². The maximum Gasteiger partial charge on any atom is 1.00 e. The van der Waals surface area contributed by atoms with Crippen LogP contribution in [0, 0.1) is 6.92 Å². The summed E-state index contributed by atoms with van der Waals surface area (Å²) in [6, 6.07) is 11.0. The standard InChI is InChI=1S/C17H14F3N2S.K/c1-11-2-7-15(22-16-21-8-9-23-16)14(10-11)12-3-5-13(6-4-12)17(18,19)20;/h2-10,16,21H,1H3;/q-1;+1. The number of halogens is 3. The van der Waals surface area contributed by atoms with Crippen molar-refractivity contribution in [2.45, 2.75) is 18.6 Å². The Morgan fingerprint density at radius 3 is 2.38 bits per heavy atom. The number of benzene rings is 2. The minimum absolute atomic E-state index is 0. The first-order chi connectivity index (χ1) is 10.9. The van der Waals surface area contributed by atoms with Gasteiger partial charge in [0.25, 0.3) is 0 Å². The van der Waals surface area contributed by atoms with E-state index in [0.29, 0.717) is 0 Å². The number of hydrogen-bond donors (Lipinski definition) is 1. The van der Waals surface area contributed by atoms with Gasteiger partial charge in [0.2, 0.25) is 0 Å². The van der Waals surface area contributed by atoms with E-state index in [-0.39, 0.29) is 56.9 Å². The summed E-state index contributed by atoms with van der Waals surface area (Å²) in [5.74, 6) is 0. The molecule has 3 rings (SSSR count). The number of hydrogen-bond acceptors (Lipinski definition) is 2. The van der Waals surface area contributed by atoms with E-state index in [1.165, 1.54) is 12.1 Å². The summed E-state index contributed by atoms with van der Waals surface area (Å²) in [7, 11) is 0. The van der Waals surface area contributed by atoms with Crippen molar-refractivity contribution in [3.8, 4) is 11.1 Å². The van der Waals surface area contributed by atoms with E-state index >= 15 is 0 Å². The van der Waals surface area contributed by atoms with E-state index in [0.717, 1.165) is 34.5 Å². The maximum atomic E-state index is 12.7. The molecule has 0 radical (unpaired) electrons. The van der Waals surface area contributed by atoms with Crippen molar-refractivity contribution < 1.29 is 64.6 Å². The van der Waals surface area contributed by atoms with Gasteiger partial charge in [-0.05, 0) is 35.6 Å². The van der Waals surface area contributed by atoms with Gasteiger partial charge in [0.05, 0.1) is 5.56 Å². The fourth-order valence-corrected chi connectivity index (χ4v) is 2.94. The molecule has 7 heteroatoms. The van der Waals surface area contributed by atoms with Crippen LogP contribution in [0.5, 0.6) is 0 Å². The molecule has 0 aliphatic carbocycles. The zero-order valence-electron chi connectivity index (χ0n) is 13.3. The van der Waals surface area contributed by atoms with Gasteiger partial charge in [-0.1, -0.05) is 35.9 Å². The number of nitrogens with zero attached hydrogens (tertiary/aromatic N) is 1. The van der Waals surface area contributed by atoms with Crippen LogP contribution in [0.4, 0.5) is 18.9 Å². The van der Waals surface area contributed by atoms with Gasteiger partial charge in [0.15, 0.2) is 0 Å². The summed E-state index contributed by atoms with van der Waals surface area (Å²) in [5, 5.41) is 9.62. The molecule has 0 saturated carbocycles. The van der Waals surface area contributed by atoms with Crippen LogP contribution in [0.15, 0.2) is 54.1 Å². The van der Waals surface area contributed by atoms with Crippen LogP contribution in [0.1, 0.15) is 11.1 Å². The van der Waals surface area contributed by atoms with Gasteiger partial charge in [-0.25, -0.2) is 0 Å². The molecule has 1 atom stereocenters. The second-order valence-electron chi connectivity index (χ2n) is 5.18. The Bertz CT molecular complexity index is 722. The SMILES string of the molecule is Cc1ccc([N-]C2NC=CS2)c(-c2ccc(C(F)(F)F)cc2)c1.[K+]. The summed E-state index contributed by atoms with van der Waals surface area (Å²) in [5.41, 5.74) is 2.58. The third-order valence-corrected chi connectivity index (χ3v) is 4.24. The number of alkyl halides is 3. The van der Waals surface area contributed by atoms with E-state index in [2.05, 4.69) is 10.6 Å². The largest absolute Gasteiger partial charge is 1.00 e. The van der Waals surface area contributed by atoms with Crippen LogP contribution in [0.2, 0.25) is 0 Å². The van der Waals surface area contributed by atoms with Crippen molar-refractivity contribution in [1.29, 1.82) is 0 Å².